The Morgan fingerprint density at radius 1 is 1.42 bits per heavy atom. The number of nitrogens with one attached hydrogen (secondary N) is 2. The number of carbonyl (C=O) groups is 1. The van der Waals surface area contributed by atoms with E-state index in [1.807, 2.05) is 22.6 Å². The summed E-state index contributed by atoms with van der Waals surface area (Å²) in [6, 6.07) is 4.52. The van der Waals surface area contributed by atoms with Crippen molar-refractivity contribution < 1.29 is 18.3 Å². The molecule has 0 aliphatic rings. The van der Waals surface area contributed by atoms with Gasteiger partial charge in [-0.3, -0.25) is 4.79 Å². The van der Waals surface area contributed by atoms with E-state index in [9.17, 15) is 18.3 Å². The molecule has 0 aliphatic heterocycles. The van der Waals surface area contributed by atoms with Gasteiger partial charge >= 0.3 is 0 Å². The van der Waals surface area contributed by atoms with Crippen LogP contribution < -0.4 is 10.0 Å². The minimum atomic E-state index is -3.34. The van der Waals surface area contributed by atoms with Crippen molar-refractivity contribution in [1.29, 1.82) is 0 Å². The molecule has 0 saturated carbocycles. The number of phenols is 1. The molecule has 1 amide bonds. The predicted molar refractivity (Wildman–Crippen MR) is 80.6 cm³/mol. The SMILES string of the molecule is CCNS(=O)(=O)CCNC(=O)c1ccc(I)c(O)c1. The minimum Gasteiger partial charge on any atom is -0.507 e. The lowest BCUT2D eigenvalue weighted by molar-refractivity contribution is 0.0955. The number of phenolic OH excluding ortho intramolecular Hbond substituents is 1. The number of aromatic hydroxyl groups is 1. The van der Waals surface area contributed by atoms with Crippen LogP contribution in [0.4, 0.5) is 0 Å². The maximum atomic E-state index is 11.7. The number of halogens is 1. The van der Waals surface area contributed by atoms with Gasteiger partial charge in [0, 0.05) is 18.7 Å². The minimum absolute atomic E-state index is 0.0148. The maximum Gasteiger partial charge on any atom is 0.251 e. The monoisotopic (exact) mass is 398 g/mol. The lowest BCUT2D eigenvalue weighted by Gasteiger charge is -2.07. The van der Waals surface area contributed by atoms with Crippen LogP contribution in [0, 0.1) is 3.57 Å². The van der Waals surface area contributed by atoms with Crippen LogP contribution in [0.3, 0.4) is 0 Å². The van der Waals surface area contributed by atoms with Crippen LogP contribution in [0.1, 0.15) is 17.3 Å². The molecule has 1 aromatic rings. The fourth-order valence-electron chi connectivity index (χ4n) is 1.35. The van der Waals surface area contributed by atoms with Gasteiger partial charge in [-0.1, -0.05) is 6.92 Å². The van der Waals surface area contributed by atoms with Gasteiger partial charge in [-0.2, -0.15) is 0 Å². The van der Waals surface area contributed by atoms with Gasteiger partial charge in [0.25, 0.3) is 5.91 Å². The van der Waals surface area contributed by atoms with Crippen molar-refractivity contribution in [2.45, 2.75) is 6.92 Å². The van der Waals surface area contributed by atoms with E-state index < -0.39 is 15.9 Å². The molecule has 8 heteroatoms. The van der Waals surface area contributed by atoms with E-state index in [-0.39, 0.29) is 18.0 Å². The van der Waals surface area contributed by atoms with Crippen molar-refractivity contribution in [2.75, 3.05) is 18.8 Å². The summed E-state index contributed by atoms with van der Waals surface area (Å²) in [6.45, 7) is 2.02. The lowest BCUT2D eigenvalue weighted by Crippen LogP contribution is -2.34. The second kappa shape index (κ2) is 7.06. The Kier molecular flexibility index (Phi) is 6.01. The average molecular weight is 398 g/mol. The van der Waals surface area contributed by atoms with Crippen molar-refractivity contribution in [2.24, 2.45) is 0 Å². The van der Waals surface area contributed by atoms with Gasteiger partial charge in [0.05, 0.1) is 9.32 Å². The molecule has 1 aromatic carbocycles. The number of sulfonamides is 1. The first kappa shape index (κ1) is 16.2. The molecule has 3 N–H and O–H groups in total. The van der Waals surface area contributed by atoms with Gasteiger partial charge < -0.3 is 10.4 Å². The third kappa shape index (κ3) is 5.33. The van der Waals surface area contributed by atoms with Crippen molar-refractivity contribution in [3.05, 3.63) is 27.3 Å². The highest BCUT2D eigenvalue weighted by Crippen LogP contribution is 2.20. The third-order valence-corrected chi connectivity index (χ3v) is 4.61. The Bertz CT molecular complexity index is 560. The molecule has 0 radical (unpaired) electrons. The molecule has 6 nitrogen and oxygen atoms in total. The molecule has 0 unspecified atom stereocenters. The van der Waals surface area contributed by atoms with E-state index in [0.717, 1.165) is 0 Å². The number of rotatable bonds is 6. The molecule has 0 heterocycles. The number of carbonyl (C=O) groups excluding carboxylic acids is 1. The predicted octanol–water partition coefficient (Wildman–Crippen LogP) is 0.666. The fourth-order valence-corrected chi connectivity index (χ4v) is 2.64. The van der Waals surface area contributed by atoms with Gasteiger partial charge in [0.1, 0.15) is 5.75 Å². The molecular formula is C11H15IN2O4S. The molecular weight excluding hydrogens is 383 g/mol. The lowest BCUT2D eigenvalue weighted by atomic mass is 10.2. The average Bonchev–Trinajstić information content (AvgIpc) is 2.32. The molecule has 0 saturated heterocycles. The molecule has 0 spiro atoms. The Morgan fingerprint density at radius 2 is 2.11 bits per heavy atom. The fraction of sp³-hybridized carbons (Fsp3) is 0.364. The number of hydrogen-bond acceptors (Lipinski definition) is 4. The standard InChI is InChI=1S/C11H15IN2O4S/c1-2-14-19(17,18)6-5-13-11(16)8-3-4-9(12)10(15)7-8/h3-4,7,14-15H,2,5-6H2,1H3,(H,13,16). The van der Waals surface area contributed by atoms with Crippen LogP contribution in [-0.4, -0.2) is 38.3 Å². The van der Waals surface area contributed by atoms with Crippen molar-refractivity contribution in [1.82, 2.24) is 10.0 Å². The Morgan fingerprint density at radius 3 is 2.68 bits per heavy atom. The molecule has 0 bridgehead atoms. The van der Waals surface area contributed by atoms with Crippen LogP contribution in [0.5, 0.6) is 5.75 Å². The summed E-state index contributed by atoms with van der Waals surface area (Å²) in [5.74, 6) is -0.574. The summed E-state index contributed by atoms with van der Waals surface area (Å²) in [6.07, 6.45) is 0. The third-order valence-electron chi connectivity index (χ3n) is 2.23. The molecule has 0 fully saturated rings. The van der Waals surface area contributed by atoms with Gasteiger partial charge in [0.15, 0.2) is 0 Å². The van der Waals surface area contributed by atoms with Gasteiger partial charge in [0.2, 0.25) is 10.0 Å². The molecule has 19 heavy (non-hydrogen) atoms. The zero-order valence-electron chi connectivity index (χ0n) is 10.3. The Labute approximate surface area is 125 Å². The van der Waals surface area contributed by atoms with E-state index in [1.54, 1.807) is 19.1 Å². The first-order valence-corrected chi connectivity index (χ1v) is 8.33. The van der Waals surface area contributed by atoms with Crippen molar-refractivity contribution >= 4 is 38.5 Å². The highest BCUT2D eigenvalue weighted by Gasteiger charge is 2.11. The topological polar surface area (TPSA) is 95.5 Å². The van der Waals surface area contributed by atoms with E-state index >= 15 is 0 Å². The second-order valence-electron chi connectivity index (χ2n) is 3.74. The summed E-state index contributed by atoms with van der Waals surface area (Å²) in [4.78, 5) is 11.7. The smallest absolute Gasteiger partial charge is 0.251 e. The number of hydrogen-bond donors (Lipinski definition) is 3. The van der Waals surface area contributed by atoms with E-state index in [1.165, 1.54) is 6.07 Å². The van der Waals surface area contributed by atoms with Gasteiger partial charge in [-0.15, -0.1) is 0 Å². The van der Waals surface area contributed by atoms with E-state index in [4.69, 9.17) is 0 Å². The Balaban J connectivity index is 2.54. The summed E-state index contributed by atoms with van der Waals surface area (Å²) >= 11 is 1.94. The first-order valence-electron chi connectivity index (χ1n) is 5.60. The zero-order chi connectivity index (χ0) is 14.5. The van der Waals surface area contributed by atoms with Crippen LogP contribution in [0.2, 0.25) is 0 Å². The molecule has 0 aromatic heterocycles. The highest BCUT2D eigenvalue weighted by atomic mass is 127. The maximum absolute atomic E-state index is 11.7. The van der Waals surface area contributed by atoms with E-state index in [2.05, 4.69) is 10.0 Å². The second-order valence-corrected chi connectivity index (χ2v) is 6.83. The number of benzene rings is 1. The van der Waals surface area contributed by atoms with Crippen LogP contribution in [-0.2, 0) is 10.0 Å². The summed E-state index contributed by atoms with van der Waals surface area (Å²) in [5, 5.41) is 12.0. The van der Waals surface area contributed by atoms with Crippen molar-refractivity contribution in [3.8, 4) is 5.75 Å². The summed E-state index contributed by atoms with van der Waals surface area (Å²) in [5.41, 5.74) is 0.291. The zero-order valence-corrected chi connectivity index (χ0v) is 13.3. The normalized spacial score (nSPS) is 11.3. The van der Waals surface area contributed by atoms with Crippen LogP contribution >= 0.6 is 22.6 Å². The van der Waals surface area contributed by atoms with Crippen molar-refractivity contribution in [3.63, 3.8) is 0 Å². The van der Waals surface area contributed by atoms with Gasteiger partial charge in [-0.05, 0) is 40.8 Å². The molecule has 106 valence electrons. The largest absolute Gasteiger partial charge is 0.507 e. The van der Waals surface area contributed by atoms with Gasteiger partial charge in [-0.25, -0.2) is 13.1 Å². The molecule has 0 aliphatic carbocycles. The summed E-state index contributed by atoms with van der Waals surface area (Å²) < 4.78 is 25.7. The Hall–Kier alpha value is -0.870. The first-order chi connectivity index (χ1) is 8.85. The highest BCUT2D eigenvalue weighted by molar-refractivity contribution is 14.1. The molecule has 1 rings (SSSR count). The number of amides is 1. The quantitative estimate of drug-likeness (QED) is 0.614. The molecule has 0 atom stereocenters. The van der Waals surface area contributed by atoms with Crippen LogP contribution in [0.25, 0.3) is 0 Å². The van der Waals surface area contributed by atoms with Crippen LogP contribution in [0.15, 0.2) is 18.2 Å². The summed E-state index contributed by atoms with van der Waals surface area (Å²) in [7, 11) is -3.34. The van der Waals surface area contributed by atoms with E-state index in [0.29, 0.717) is 15.7 Å².